The van der Waals surface area contributed by atoms with Crippen molar-refractivity contribution in [3.8, 4) is 6.07 Å². The van der Waals surface area contributed by atoms with Crippen LogP contribution >= 0.6 is 0 Å². The van der Waals surface area contributed by atoms with Crippen molar-refractivity contribution in [1.82, 2.24) is 5.32 Å². The highest BCUT2D eigenvalue weighted by molar-refractivity contribution is 5.92. The van der Waals surface area contributed by atoms with Gasteiger partial charge in [0, 0.05) is 12.1 Å². The molecule has 0 unspecified atom stereocenters. The minimum absolute atomic E-state index is 0.0267. The number of nitrogens with zero attached hydrogens (tertiary/aromatic N) is 1. The average Bonchev–Trinajstić information content (AvgIpc) is 2.36. The summed E-state index contributed by atoms with van der Waals surface area (Å²) in [6.07, 6.45) is 2.60. The maximum absolute atomic E-state index is 11.4. The third kappa shape index (κ3) is 4.12. The summed E-state index contributed by atoms with van der Waals surface area (Å²) in [5.41, 5.74) is 2.46. The number of rotatable bonds is 4. The number of hydrogen-bond donors (Lipinski definition) is 1. The van der Waals surface area contributed by atoms with E-state index in [-0.39, 0.29) is 5.91 Å². The minimum Gasteiger partial charge on any atom is -0.353 e. The van der Waals surface area contributed by atoms with Crippen LogP contribution in [0.4, 0.5) is 0 Å². The fourth-order valence-electron chi connectivity index (χ4n) is 1.38. The van der Waals surface area contributed by atoms with Crippen LogP contribution in [-0.2, 0) is 11.2 Å². The number of likely N-dealkylation sites (N-methyl/N-ethyl adjacent to an activating group) is 1. The number of allylic oxidation sites excluding steroid dienone is 1. The lowest BCUT2D eigenvalue weighted by Gasteiger charge is -2.02. The van der Waals surface area contributed by atoms with Crippen molar-refractivity contribution in [2.75, 3.05) is 6.54 Å². The summed E-state index contributed by atoms with van der Waals surface area (Å²) in [4.78, 5) is 11.4. The summed E-state index contributed by atoms with van der Waals surface area (Å²) < 4.78 is 0. The largest absolute Gasteiger partial charge is 0.353 e. The Morgan fingerprint density at radius 1 is 1.41 bits per heavy atom. The molecule has 0 aliphatic heterocycles. The number of carbonyl (C=O) groups excluding carboxylic acids is 1. The average molecular weight is 228 g/mol. The molecule has 0 heterocycles. The van der Waals surface area contributed by atoms with Crippen LogP contribution in [0.1, 0.15) is 25.0 Å². The highest BCUT2D eigenvalue weighted by Gasteiger charge is 2.01. The molecule has 0 fully saturated rings. The summed E-state index contributed by atoms with van der Waals surface area (Å²) in [6, 6.07) is 9.44. The second-order valence-electron chi connectivity index (χ2n) is 3.76. The number of nitrogens with one attached hydrogen (secondary N) is 1. The van der Waals surface area contributed by atoms with Gasteiger partial charge in [0.15, 0.2) is 0 Å². The molecule has 1 aromatic rings. The topological polar surface area (TPSA) is 52.9 Å². The number of benzene rings is 1. The Morgan fingerprint density at radius 2 is 2.06 bits per heavy atom. The van der Waals surface area contributed by atoms with Crippen LogP contribution in [0.5, 0.6) is 0 Å². The molecule has 0 saturated heterocycles. The highest BCUT2D eigenvalue weighted by Crippen LogP contribution is 2.06. The van der Waals surface area contributed by atoms with E-state index < -0.39 is 0 Å². The van der Waals surface area contributed by atoms with Gasteiger partial charge >= 0.3 is 0 Å². The van der Waals surface area contributed by atoms with Gasteiger partial charge in [0.05, 0.1) is 11.6 Å². The summed E-state index contributed by atoms with van der Waals surface area (Å²) in [7, 11) is 0. The van der Waals surface area contributed by atoms with Crippen molar-refractivity contribution < 1.29 is 4.79 Å². The smallest absolute Gasteiger partial charge is 0.246 e. The van der Waals surface area contributed by atoms with Gasteiger partial charge < -0.3 is 5.32 Å². The molecule has 88 valence electrons. The highest BCUT2D eigenvalue weighted by atomic mass is 16.1. The minimum atomic E-state index is -0.0267. The van der Waals surface area contributed by atoms with Gasteiger partial charge in [-0.15, -0.1) is 0 Å². The fourth-order valence-corrected chi connectivity index (χ4v) is 1.38. The molecule has 17 heavy (non-hydrogen) atoms. The monoisotopic (exact) mass is 228 g/mol. The van der Waals surface area contributed by atoms with Gasteiger partial charge in [-0.3, -0.25) is 4.79 Å². The van der Waals surface area contributed by atoms with Crippen LogP contribution in [-0.4, -0.2) is 12.5 Å². The Balaban J connectivity index is 2.63. The molecule has 0 atom stereocenters. The van der Waals surface area contributed by atoms with Gasteiger partial charge in [-0.2, -0.15) is 5.26 Å². The second-order valence-corrected chi connectivity index (χ2v) is 3.76. The van der Waals surface area contributed by atoms with Gasteiger partial charge in [0.1, 0.15) is 0 Å². The van der Waals surface area contributed by atoms with E-state index in [0.717, 1.165) is 11.1 Å². The Kier molecular flexibility index (Phi) is 4.96. The molecule has 0 saturated carbocycles. The maximum atomic E-state index is 11.4. The van der Waals surface area contributed by atoms with Crippen molar-refractivity contribution >= 4 is 5.91 Å². The van der Waals surface area contributed by atoms with Gasteiger partial charge in [0.2, 0.25) is 5.91 Å². The summed E-state index contributed by atoms with van der Waals surface area (Å²) in [5.74, 6) is -0.0267. The molecule has 0 spiro atoms. The van der Waals surface area contributed by atoms with Crippen molar-refractivity contribution in [3.05, 3.63) is 47.0 Å². The molecule has 0 bridgehead atoms. The fraction of sp³-hybridized carbons (Fsp3) is 0.286. The van der Waals surface area contributed by atoms with Crippen LogP contribution in [0.2, 0.25) is 0 Å². The van der Waals surface area contributed by atoms with Gasteiger partial charge in [0.25, 0.3) is 0 Å². The van der Waals surface area contributed by atoms with E-state index in [9.17, 15) is 4.79 Å². The summed E-state index contributed by atoms with van der Waals surface area (Å²) in [6.45, 7) is 4.33. The van der Waals surface area contributed by atoms with E-state index >= 15 is 0 Å². The molecule has 0 aliphatic carbocycles. The number of nitriles is 1. The van der Waals surface area contributed by atoms with Crippen molar-refractivity contribution in [1.29, 1.82) is 5.26 Å². The lowest BCUT2D eigenvalue weighted by Crippen LogP contribution is -2.23. The Hall–Kier alpha value is -2.08. The quantitative estimate of drug-likeness (QED) is 0.803. The zero-order valence-corrected chi connectivity index (χ0v) is 10.2. The first-order chi connectivity index (χ1) is 8.17. The van der Waals surface area contributed by atoms with E-state index in [1.807, 2.05) is 25.1 Å². The predicted octanol–water partition coefficient (Wildman–Crippen LogP) is 2.18. The molecule has 1 N–H and O–H groups in total. The molecule has 3 heteroatoms. The van der Waals surface area contributed by atoms with Gasteiger partial charge in [-0.1, -0.05) is 18.2 Å². The second kappa shape index (κ2) is 6.49. The number of carbonyl (C=O) groups is 1. The Morgan fingerprint density at radius 3 is 2.59 bits per heavy atom. The molecule has 1 aromatic carbocycles. The lowest BCUT2D eigenvalue weighted by atomic mass is 10.1. The molecular formula is C14H16N2O. The first-order valence-electron chi connectivity index (χ1n) is 5.61. The van der Waals surface area contributed by atoms with E-state index in [1.165, 1.54) is 0 Å². The zero-order chi connectivity index (χ0) is 12.7. The normalized spacial score (nSPS) is 10.8. The van der Waals surface area contributed by atoms with E-state index in [2.05, 4.69) is 11.4 Å². The lowest BCUT2D eigenvalue weighted by molar-refractivity contribution is -0.117. The third-order valence-electron chi connectivity index (χ3n) is 2.42. The van der Waals surface area contributed by atoms with Crippen LogP contribution in [0.15, 0.2) is 35.9 Å². The predicted molar refractivity (Wildman–Crippen MR) is 67.3 cm³/mol. The SMILES string of the molecule is CCNC(=O)/C(C)=C/Cc1ccc(C#N)cc1. The molecular weight excluding hydrogens is 212 g/mol. The van der Waals surface area contributed by atoms with Crippen LogP contribution in [0, 0.1) is 11.3 Å². The van der Waals surface area contributed by atoms with Crippen molar-refractivity contribution in [2.24, 2.45) is 0 Å². The molecule has 0 aliphatic rings. The third-order valence-corrected chi connectivity index (χ3v) is 2.42. The Labute approximate surface area is 102 Å². The zero-order valence-electron chi connectivity index (χ0n) is 10.2. The standard InChI is InChI=1S/C14H16N2O/c1-3-16-14(17)11(2)4-5-12-6-8-13(10-15)9-7-12/h4,6-9H,3,5H2,1-2H3,(H,16,17)/b11-4+. The first kappa shape index (κ1) is 13.0. The Bertz CT molecular complexity index is 452. The van der Waals surface area contributed by atoms with Gasteiger partial charge in [-0.25, -0.2) is 0 Å². The molecule has 0 aromatic heterocycles. The van der Waals surface area contributed by atoms with Crippen LogP contribution in [0.25, 0.3) is 0 Å². The van der Waals surface area contributed by atoms with E-state index in [4.69, 9.17) is 5.26 Å². The van der Waals surface area contributed by atoms with Crippen LogP contribution < -0.4 is 5.32 Å². The molecule has 1 rings (SSSR count). The van der Waals surface area contributed by atoms with Crippen LogP contribution in [0.3, 0.4) is 0 Å². The van der Waals surface area contributed by atoms with Gasteiger partial charge in [-0.05, 0) is 38.0 Å². The maximum Gasteiger partial charge on any atom is 0.246 e. The molecule has 0 radical (unpaired) electrons. The number of amides is 1. The first-order valence-corrected chi connectivity index (χ1v) is 5.61. The van der Waals surface area contributed by atoms with Crippen molar-refractivity contribution in [2.45, 2.75) is 20.3 Å². The number of hydrogen-bond acceptors (Lipinski definition) is 2. The molecule has 3 nitrogen and oxygen atoms in total. The summed E-state index contributed by atoms with van der Waals surface area (Å²) in [5, 5.41) is 11.4. The molecule has 1 amide bonds. The van der Waals surface area contributed by atoms with Crippen molar-refractivity contribution in [3.63, 3.8) is 0 Å². The van der Waals surface area contributed by atoms with E-state index in [0.29, 0.717) is 18.5 Å². The summed E-state index contributed by atoms with van der Waals surface area (Å²) >= 11 is 0. The van der Waals surface area contributed by atoms with E-state index in [1.54, 1.807) is 19.1 Å².